The standard InChI is InChI=1S/C17H16ClNO4/c1-10-5-13(18)6-12(17(10)22)8-19-9-15(21)11-3-4-14(20)16(7-11)23-2/h3-8,20,22H,9H2,1-2H3. The molecule has 5 nitrogen and oxygen atoms in total. The first kappa shape index (κ1) is 16.8. The van der Waals surface area contributed by atoms with E-state index in [9.17, 15) is 15.0 Å². The third-order valence-electron chi connectivity index (χ3n) is 3.26. The molecule has 0 radical (unpaired) electrons. The Morgan fingerprint density at radius 3 is 2.74 bits per heavy atom. The second-order valence-electron chi connectivity index (χ2n) is 4.94. The molecule has 0 aliphatic rings. The van der Waals surface area contributed by atoms with E-state index < -0.39 is 0 Å². The van der Waals surface area contributed by atoms with Crippen molar-refractivity contribution in [1.29, 1.82) is 0 Å². The van der Waals surface area contributed by atoms with E-state index >= 15 is 0 Å². The maximum Gasteiger partial charge on any atom is 0.184 e. The first-order valence-electron chi connectivity index (χ1n) is 6.81. The summed E-state index contributed by atoms with van der Waals surface area (Å²) in [6, 6.07) is 7.55. The van der Waals surface area contributed by atoms with Gasteiger partial charge in [-0.05, 0) is 42.8 Å². The van der Waals surface area contributed by atoms with Gasteiger partial charge in [0.15, 0.2) is 17.3 Å². The number of hydrogen-bond acceptors (Lipinski definition) is 5. The van der Waals surface area contributed by atoms with Crippen molar-refractivity contribution in [3.05, 3.63) is 52.0 Å². The van der Waals surface area contributed by atoms with Gasteiger partial charge in [0.2, 0.25) is 0 Å². The highest BCUT2D eigenvalue weighted by Gasteiger charge is 2.09. The molecule has 0 unspecified atom stereocenters. The number of benzene rings is 2. The van der Waals surface area contributed by atoms with Crippen LogP contribution in [-0.2, 0) is 0 Å². The molecule has 0 saturated carbocycles. The summed E-state index contributed by atoms with van der Waals surface area (Å²) in [5.74, 6) is 0.0320. The quantitative estimate of drug-likeness (QED) is 0.649. The van der Waals surface area contributed by atoms with Crippen LogP contribution in [0, 0.1) is 6.92 Å². The van der Waals surface area contributed by atoms with Crippen LogP contribution in [0.5, 0.6) is 17.2 Å². The number of hydrogen-bond donors (Lipinski definition) is 2. The molecule has 0 fully saturated rings. The molecule has 0 saturated heterocycles. The van der Waals surface area contributed by atoms with Gasteiger partial charge in [-0.1, -0.05) is 11.6 Å². The smallest absolute Gasteiger partial charge is 0.184 e. The molecule has 0 amide bonds. The predicted molar refractivity (Wildman–Crippen MR) is 89.3 cm³/mol. The average Bonchev–Trinajstić information content (AvgIpc) is 2.52. The lowest BCUT2D eigenvalue weighted by Crippen LogP contribution is -2.04. The molecule has 0 aliphatic heterocycles. The molecular formula is C17H16ClNO4. The Balaban J connectivity index is 2.13. The van der Waals surface area contributed by atoms with Gasteiger partial charge in [0.1, 0.15) is 12.3 Å². The van der Waals surface area contributed by atoms with Crippen LogP contribution in [0.1, 0.15) is 21.5 Å². The van der Waals surface area contributed by atoms with Crippen molar-refractivity contribution in [1.82, 2.24) is 0 Å². The second-order valence-corrected chi connectivity index (χ2v) is 5.38. The summed E-state index contributed by atoms with van der Waals surface area (Å²) < 4.78 is 4.96. The molecular weight excluding hydrogens is 318 g/mol. The van der Waals surface area contributed by atoms with Crippen LogP contribution in [0.15, 0.2) is 35.3 Å². The van der Waals surface area contributed by atoms with Crippen molar-refractivity contribution in [2.75, 3.05) is 13.7 Å². The van der Waals surface area contributed by atoms with Gasteiger partial charge in [0.25, 0.3) is 0 Å². The minimum absolute atomic E-state index is 0.0353. The van der Waals surface area contributed by atoms with Gasteiger partial charge in [-0.15, -0.1) is 0 Å². The van der Waals surface area contributed by atoms with Crippen molar-refractivity contribution in [3.8, 4) is 17.2 Å². The van der Waals surface area contributed by atoms with E-state index in [-0.39, 0.29) is 29.6 Å². The van der Waals surface area contributed by atoms with Gasteiger partial charge in [0.05, 0.1) is 7.11 Å². The summed E-state index contributed by atoms with van der Waals surface area (Å²) in [7, 11) is 1.41. The molecule has 0 aliphatic carbocycles. The van der Waals surface area contributed by atoms with Gasteiger partial charge in [-0.2, -0.15) is 0 Å². The molecule has 2 aromatic rings. The summed E-state index contributed by atoms with van der Waals surface area (Å²) >= 11 is 5.93. The monoisotopic (exact) mass is 333 g/mol. The fourth-order valence-electron chi connectivity index (χ4n) is 2.03. The number of aromatic hydroxyl groups is 2. The van der Waals surface area contributed by atoms with Crippen LogP contribution in [0.3, 0.4) is 0 Å². The molecule has 6 heteroatoms. The fourth-order valence-corrected chi connectivity index (χ4v) is 2.31. The van der Waals surface area contributed by atoms with Crippen LogP contribution in [0.4, 0.5) is 0 Å². The molecule has 23 heavy (non-hydrogen) atoms. The van der Waals surface area contributed by atoms with Crippen molar-refractivity contribution in [3.63, 3.8) is 0 Å². The van der Waals surface area contributed by atoms with E-state index in [1.54, 1.807) is 19.1 Å². The first-order chi connectivity index (χ1) is 10.9. The van der Waals surface area contributed by atoms with Crippen molar-refractivity contribution >= 4 is 23.6 Å². The Kier molecular flexibility index (Phi) is 5.24. The third kappa shape index (κ3) is 4.02. The molecule has 0 heterocycles. The summed E-state index contributed by atoms with van der Waals surface area (Å²) in [5.41, 5.74) is 1.46. The Morgan fingerprint density at radius 2 is 2.04 bits per heavy atom. The molecule has 2 rings (SSSR count). The number of ether oxygens (including phenoxy) is 1. The summed E-state index contributed by atoms with van der Waals surface area (Å²) in [6.45, 7) is 1.63. The largest absolute Gasteiger partial charge is 0.507 e. The Morgan fingerprint density at radius 1 is 1.30 bits per heavy atom. The van der Waals surface area contributed by atoms with Crippen LogP contribution >= 0.6 is 11.6 Å². The number of rotatable bonds is 5. The van der Waals surface area contributed by atoms with Crippen LogP contribution in [0.25, 0.3) is 0 Å². The zero-order chi connectivity index (χ0) is 17.0. The summed E-state index contributed by atoms with van der Waals surface area (Å²) in [5, 5.41) is 19.9. The minimum atomic E-state index is -0.238. The number of aliphatic imine (C=N–C) groups is 1. The normalized spacial score (nSPS) is 10.9. The van der Waals surface area contributed by atoms with E-state index in [0.717, 1.165) is 0 Å². The minimum Gasteiger partial charge on any atom is -0.507 e. The SMILES string of the molecule is COc1cc(C(=O)CN=Cc2cc(Cl)cc(C)c2O)ccc1O. The van der Waals surface area contributed by atoms with Gasteiger partial charge in [-0.3, -0.25) is 9.79 Å². The highest BCUT2D eigenvalue weighted by molar-refractivity contribution is 6.31. The Bertz CT molecular complexity index is 771. The van der Waals surface area contributed by atoms with Crippen LogP contribution in [-0.4, -0.2) is 35.9 Å². The maximum absolute atomic E-state index is 12.1. The molecule has 2 aromatic carbocycles. The van der Waals surface area contributed by atoms with E-state index in [1.165, 1.54) is 31.5 Å². The van der Waals surface area contributed by atoms with Gasteiger partial charge in [-0.25, -0.2) is 0 Å². The predicted octanol–water partition coefficient (Wildman–Crippen LogP) is 3.37. The first-order valence-corrected chi connectivity index (χ1v) is 7.19. The van der Waals surface area contributed by atoms with Crippen LogP contribution in [0.2, 0.25) is 5.02 Å². The zero-order valence-corrected chi connectivity index (χ0v) is 13.5. The second kappa shape index (κ2) is 7.15. The summed E-state index contributed by atoms with van der Waals surface area (Å²) in [6.07, 6.45) is 1.41. The lowest BCUT2D eigenvalue weighted by molar-refractivity contribution is 0.100. The Labute approximate surface area is 138 Å². The fraction of sp³-hybridized carbons (Fsp3) is 0.176. The molecule has 120 valence electrons. The number of phenols is 2. The molecule has 0 aromatic heterocycles. The molecule has 0 bridgehead atoms. The van der Waals surface area contributed by atoms with E-state index in [2.05, 4.69) is 4.99 Å². The molecule has 2 N–H and O–H groups in total. The average molecular weight is 334 g/mol. The number of ketones is 1. The number of aryl methyl sites for hydroxylation is 1. The topological polar surface area (TPSA) is 79.1 Å². The Hall–Kier alpha value is -2.53. The molecule has 0 atom stereocenters. The number of carbonyl (C=O) groups is 1. The van der Waals surface area contributed by atoms with Crippen molar-refractivity contribution in [2.45, 2.75) is 6.92 Å². The van der Waals surface area contributed by atoms with Crippen molar-refractivity contribution in [2.24, 2.45) is 4.99 Å². The summed E-state index contributed by atoms with van der Waals surface area (Å²) in [4.78, 5) is 16.1. The van der Waals surface area contributed by atoms with Gasteiger partial charge >= 0.3 is 0 Å². The maximum atomic E-state index is 12.1. The zero-order valence-electron chi connectivity index (χ0n) is 12.7. The highest BCUT2D eigenvalue weighted by atomic mass is 35.5. The number of halogens is 1. The number of methoxy groups -OCH3 is 1. The van der Waals surface area contributed by atoms with E-state index in [4.69, 9.17) is 16.3 Å². The van der Waals surface area contributed by atoms with Gasteiger partial charge < -0.3 is 14.9 Å². The van der Waals surface area contributed by atoms with Crippen LogP contribution < -0.4 is 4.74 Å². The van der Waals surface area contributed by atoms with E-state index in [1.807, 2.05) is 0 Å². The number of Topliss-reactive ketones (excluding diaryl/α,β-unsaturated/α-hetero) is 1. The number of carbonyl (C=O) groups excluding carboxylic acids is 1. The highest BCUT2D eigenvalue weighted by Crippen LogP contribution is 2.27. The van der Waals surface area contributed by atoms with Gasteiger partial charge in [0, 0.05) is 22.4 Å². The van der Waals surface area contributed by atoms with Crippen molar-refractivity contribution < 1.29 is 19.7 Å². The van der Waals surface area contributed by atoms with E-state index in [0.29, 0.717) is 21.7 Å². The lowest BCUT2D eigenvalue weighted by atomic mass is 10.1. The molecule has 0 spiro atoms. The number of nitrogens with zero attached hydrogens (tertiary/aromatic N) is 1. The lowest BCUT2D eigenvalue weighted by Gasteiger charge is -2.05. The third-order valence-corrected chi connectivity index (χ3v) is 3.48. The number of phenolic OH excluding ortho intramolecular Hbond substituents is 2.